The number of hydrogen-bond acceptors (Lipinski definition) is 4. The van der Waals surface area contributed by atoms with E-state index in [0.717, 1.165) is 11.8 Å². The van der Waals surface area contributed by atoms with Crippen LogP contribution in [0.5, 0.6) is 5.75 Å². The van der Waals surface area contributed by atoms with Crippen LogP contribution in [0.4, 0.5) is 4.79 Å². The summed E-state index contributed by atoms with van der Waals surface area (Å²) in [5.41, 5.74) is 0.597. The number of hydrogen-bond donors (Lipinski definition) is 1. The third-order valence-corrected chi connectivity index (χ3v) is 3.74. The van der Waals surface area contributed by atoms with Gasteiger partial charge in [0.2, 0.25) is 0 Å². The molecule has 21 heavy (non-hydrogen) atoms. The highest BCUT2D eigenvalue weighted by molar-refractivity contribution is 8.13. The van der Waals surface area contributed by atoms with Gasteiger partial charge in [0.05, 0.1) is 5.92 Å². The quantitative estimate of drug-likeness (QED) is 0.678. The summed E-state index contributed by atoms with van der Waals surface area (Å²) < 4.78 is 5.19. The molecule has 1 atom stereocenters. The third-order valence-electron chi connectivity index (χ3n) is 2.89. The van der Waals surface area contributed by atoms with E-state index in [2.05, 4.69) is 0 Å². The highest BCUT2D eigenvalue weighted by Gasteiger charge is 2.19. The number of para-hydroxylation sites is 1. The molecule has 5 heteroatoms. The van der Waals surface area contributed by atoms with E-state index in [9.17, 15) is 9.59 Å². The van der Waals surface area contributed by atoms with Gasteiger partial charge in [-0.3, -0.25) is 4.79 Å². The molecule has 0 aliphatic rings. The van der Waals surface area contributed by atoms with Crippen molar-refractivity contribution in [2.75, 3.05) is 0 Å². The Balaban J connectivity index is 2.12. The third kappa shape index (κ3) is 4.10. The van der Waals surface area contributed by atoms with E-state index in [1.165, 1.54) is 0 Å². The Kier molecular flexibility index (Phi) is 5.00. The van der Waals surface area contributed by atoms with E-state index in [1.54, 1.807) is 55.5 Å². The monoisotopic (exact) mass is 302 g/mol. The van der Waals surface area contributed by atoms with Gasteiger partial charge in [0.25, 0.3) is 0 Å². The molecule has 1 N–H and O–H groups in total. The molecule has 108 valence electrons. The molecule has 0 aromatic heterocycles. The van der Waals surface area contributed by atoms with Crippen LogP contribution in [0.15, 0.2) is 59.5 Å². The second-order valence-electron chi connectivity index (χ2n) is 4.36. The van der Waals surface area contributed by atoms with E-state index in [1.807, 2.05) is 6.07 Å². The summed E-state index contributed by atoms with van der Waals surface area (Å²) in [5, 5.41) is 8.61. The van der Waals surface area contributed by atoms with Gasteiger partial charge >= 0.3 is 11.3 Å². The number of carboxylic acids is 1. The van der Waals surface area contributed by atoms with Crippen molar-refractivity contribution in [3.8, 4) is 5.75 Å². The molecule has 0 radical (unpaired) electrons. The van der Waals surface area contributed by atoms with Crippen molar-refractivity contribution in [3.63, 3.8) is 0 Å². The van der Waals surface area contributed by atoms with Crippen molar-refractivity contribution < 1.29 is 19.4 Å². The average Bonchev–Trinajstić information content (AvgIpc) is 2.48. The topological polar surface area (TPSA) is 63.6 Å². The summed E-state index contributed by atoms with van der Waals surface area (Å²) >= 11 is 0.886. The number of carbonyl (C=O) groups is 2. The predicted octanol–water partition coefficient (Wildman–Crippen LogP) is 4.17. The van der Waals surface area contributed by atoms with Gasteiger partial charge in [0, 0.05) is 4.90 Å². The molecule has 2 aromatic carbocycles. The maximum absolute atomic E-state index is 11.9. The smallest absolute Gasteiger partial charge is 0.377 e. The van der Waals surface area contributed by atoms with Crippen LogP contribution in [0.2, 0.25) is 0 Å². The normalized spacial score (nSPS) is 11.7. The zero-order valence-corrected chi connectivity index (χ0v) is 12.2. The summed E-state index contributed by atoms with van der Waals surface area (Å²) in [4.78, 5) is 23.6. The fourth-order valence-electron chi connectivity index (χ4n) is 1.76. The minimum Gasteiger partial charge on any atom is -0.481 e. The van der Waals surface area contributed by atoms with Crippen molar-refractivity contribution in [3.05, 3.63) is 60.2 Å². The Labute approximate surface area is 126 Å². The first-order chi connectivity index (χ1) is 10.1. The van der Waals surface area contributed by atoms with Crippen molar-refractivity contribution in [1.82, 2.24) is 0 Å². The van der Waals surface area contributed by atoms with Crippen LogP contribution >= 0.6 is 11.8 Å². The largest absolute Gasteiger partial charge is 0.481 e. The van der Waals surface area contributed by atoms with E-state index >= 15 is 0 Å². The molecular weight excluding hydrogens is 288 g/mol. The first-order valence-electron chi connectivity index (χ1n) is 6.34. The molecule has 0 spiro atoms. The van der Waals surface area contributed by atoms with Crippen LogP contribution in [0.25, 0.3) is 0 Å². The second-order valence-corrected chi connectivity index (χ2v) is 5.34. The molecule has 0 aliphatic heterocycles. The lowest BCUT2D eigenvalue weighted by Gasteiger charge is -2.11. The van der Waals surface area contributed by atoms with Crippen LogP contribution in [-0.4, -0.2) is 16.4 Å². The molecule has 0 fully saturated rings. The zero-order valence-electron chi connectivity index (χ0n) is 11.4. The maximum atomic E-state index is 11.9. The van der Waals surface area contributed by atoms with Crippen LogP contribution in [0.3, 0.4) is 0 Å². The van der Waals surface area contributed by atoms with Crippen molar-refractivity contribution in [2.45, 2.75) is 17.7 Å². The Hall–Kier alpha value is -2.27. The van der Waals surface area contributed by atoms with Crippen molar-refractivity contribution in [2.24, 2.45) is 0 Å². The lowest BCUT2D eigenvalue weighted by Crippen LogP contribution is -2.09. The molecule has 0 saturated carbocycles. The zero-order chi connectivity index (χ0) is 15.2. The summed E-state index contributed by atoms with van der Waals surface area (Å²) in [6.45, 7) is 1.59. The predicted molar refractivity (Wildman–Crippen MR) is 80.8 cm³/mol. The van der Waals surface area contributed by atoms with Crippen LogP contribution < -0.4 is 4.74 Å². The SMILES string of the molecule is CC(C(=O)O)c1ccccc1SC(=O)Oc1ccccc1. The standard InChI is InChI=1S/C16H14O4S/c1-11(15(17)18)13-9-5-6-10-14(13)21-16(19)20-12-7-3-2-4-8-12/h2-11H,1H3,(H,17,18). The van der Waals surface area contributed by atoms with Gasteiger partial charge in [-0.2, -0.15) is 0 Å². The van der Waals surface area contributed by atoms with Gasteiger partial charge in [-0.15, -0.1) is 0 Å². The van der Waals surface area contributed by atoms with Crippen molar-refractivity contribution >= 4 is 23.0 Å². The van der Waals surface area contributed by atoms with E-state index in [-0.39, 0.29) is 0 Å². The Morgan fingerprint density at radius 3 is 2.33 bits per heavy atom. The summed E-state index contributed by atoms with van der Waals surface area (Å²) in [7, 11) is 0. The highest BCUT2D eigenvalue weighted by Crippen LogP contribution is 2.30. The Morgan fingerprint density at radius 2 is 1.67 bits per heavy atom. The summed E-state index contributed by atoms with van der Waals surface area (Å²) in [6.07, 6.45) is 0. The number of benzene rings is 2. The molecular formula is C16H14O4S. The number of thioether (sulfide) groups is 1. The van der Waals surface area contributed by atoms with E-state index < -0.39 is 17.2 Å². The van der Waals surface area contributed by atoms with Crippen LogP contribution in [-0.2, 0) is 4.79 Å². The fourth-order valence-corrected chi connectivity index (χ4v) is 2.59. The molecule has 4 nitrogen and oxygen atoms in total. The number of carbonyl (C=O) groups excluding carboxylic acids is 1. The van der Waals surface area contributed by atoms with Gasteiger partial charge in [-0.05, 0) is 42.4 Å². The molecule has 0 heterocycles. The average molecular weight is 302 g/mol. The molecule has 0 aliphatic carbocycles. The fraction of sp³-hybridized carbons (Fsp3) is 0.125. The maximum Gasteiger partial charge on any atom is 0.377 e. The highest BCUT2D eigenvalue weighted by atomic mass is 32.2. The molecule has 0 saturated heterocycles. The molecule has 2 aromatic rings. The van der Waals surface area contributed by atoms with Gasteiger partial charge in [-0.25, -0.2) is 4.79 Å². The number of carboxylic acid groups (broad SMARTS) is 1. The molecule has 0 amide bonds. The lowest BCUT2D eigenvalue weighted by molar-refractivity contribution is -0.138. The van der Waals surface area contributed by atoms with Crippen LogP contribution in [0.1, 0.15) is 18.4 Å². The Bertz CT molecular complexity index is 640. The van der Waals surface area contributed by atoms with E-state index in [4.69, 9.17) is 9.84 Å². The van der Waals surface area contributed by atoms with E-state index in [0.29, 0.717) is 16.2 Å². The van der Waals surface area contributed by atoms with Gasteiger partial charge in [0.15, 0.2) is 0 Å². The first kappa shape index (κ1) is 15.1. The molecule has 1 unspecified atom stereocenters. The van der Waals surface area contributed by atoms with Gasteiger partial charge < -0.3 is 9.84 Å². The number of ether oxygens (including phenoxy) is 1. The first-order valence-corrected chi connectivity index (χ1v) is 7.16. The summed E-state index contributed by atoms with van der Waals surface area (Å²) in [6, 6.07) is 15.7. The molecule has 0 bridgehead atoms. The van der Waals surface area contributed by atoms with Gasteiger partial charge in [-0.1, -0.05) is 36.4 Å². The summed E-state index contributed by atoms with van der Waals surface area (Å²) in [5.74, 6) is -1.16. The number of rotatable bonds is 4. The number of aliphatic carboxylic acids is 1. The van der Waals surface area contributed by atoms with Gasteiger partial charge in [0.1, 0.15) is 5.75 Å². The Morgan fingerprint density at radius 1 is 1.05 bits per heavy atom. The van der Waals surface area contributed by atoms with Crippen molar-refractivity contribution in [1.29, 1.82) is 0 Å². The second kappa shape index (κ2) is 6.95. The minimum atomic E-state index is -0.931. The van der Waals surface area contributed by atoms with Crippen LogP contribution in [0, 0.1) is 0 Å². The minimum absolute atomic E-state index is 0.457. The lowest BCUT2D eigenvalue weighted by atomic mass is 10.0. The molecule has 2 rings (SSSR count).